The number of hydrogen-bond acceptors (Lipinski definition) is 4. The van der Waals surface area contributed by atoms with Crippen molar-refractivity contribution in [3.05, 3.63) is 54.1 Å². The maximum Gasteiger partial charge on any atom is 0.259 e. The summed E-state index contributed by atoms with van der Waals surface area (Å²) in [5.41, 5.74) is 1.18. The standard InChI is InChI=1S/C17H19NO4/c1-20-11-12-22-14-9-7-13(8-10-14)18-17(19)15-5-3-4-6-16(15)21-2/h3-10H,11-12H2,1-2H3,(H,18,19). The highest BCUT2D eigenvalue weighted by molar-refractivity contribution is 6.06. The number of methoxy groups -OCH3 is 2. The molecule has 1 N–H and O–H groups in total. The summed E-state index contributed by atoms with van der Waals surface area (Å²) in [6.07, 6.45) is 0. The lowest BCUT2D eigenvalue weighted by molar-refractivity contribution is 0.102. The van der Waals surface area contributed by atoms with Crippen molar-refractivity contribution in [3.63, 3.8) is 0 Å². The van der Waals surface area contributed by atoms with E-state index in [1.165, 1.54) is 7.11 Å². The van der Waals surface area contributed by atoms with Gasteiger partial charge in [0.25, 0.3) is 5.91 Å². The SMILES string of the molecule is COCCOc1ccc(NC(=O)c2ccccc2OC)cc1. The summed E-state index contributed by atoms with van der Waals surface area (Å²) >= 11 is 0. The first kappa shape index (κ1) is 15.9. The predicted octanol–water partition coefficient (Wildman–Crippen LogP) is 2.97. The van der Waals surface area contributed by atoms with Gasteiger partial charge in [0, 0.05) is 12.8 Å². The highest BCUT2D eigenvalue weighted by Crippen LogP contribution is 2.20. The Bertz CT molecular complexity index is 610. The van der Waals surface area contributed by atoms with E-state index in [2.05, 4.69) is 5.32 Å². The molecule has 0 aliphatic heterocycles. The fourth-order valence-electron chi connectivity index (χ4n) is 1.91. The van der Waals surface area contributed by atoms with Crippen LogP contribution in [0.1, 0.15) is 10.4 Å². The van der Waals surface area contributed by atoms with Crippen molar-refractivity contribution in [2.24, 2.45) is 0 Å². The first-order valence-electron chi connectivity index (χ1n) is 6.90. The third kappa shape index (κ3) is 4.23. The van der Waals surface area contributed by atoms with E-state index >= 15 is 0 Å². The number of carbonyl (C=O) groups excluding carboxylic acids is 1. The molecule has 5 nitrogen and oxygen atoms in total. The van der Waals surface area contributed by atoms with Crippen molar-refractivity contribution >= 4 is 11.6 Å². The van der Waals surface area contributed by atoms with Gasteiger partial charge in [0.05, 0.1) is 19.3 Å². The average molecular weight is 301 g/mol. The van der Waals surface area contributed by atoms with E-state index in [0.717, 1.165) is 5.75 Å². The summed E-state index contributed by atoms with van der Waals surface area (Å²) in [5.74, 6) is 1.05. The molecule has 0 radical (unpaired) electrons. The molecule has 22 heavy (non-hydrogen) atoms. The third-order valence-corrected chi connectivity index (χ3v) is 3.02. The summed E-state index contributed by atoms with van der Waals surface area (Å²) in [7, 11) is 3.16. The van der Waals surface area contributed by atoms with Gasteiger partial charge in [-0.05, 0) is 36.4 Å². The van der Waals surface area contributed by atoms with Gasteiger partial charge in [0.2, 0.25) is 0 Å². The molecule has 0 bridgehead atoms. The lowest BCUT2D eigenvalue weighted by Gasteiger charge is -2.10. The molecule has 0 atom stereocenters. The molecular weight excluding hydrogens is 282 g/mol. The van der Waals surface area contributed by atoms with Gasteiger partial charge in [-0.2, -0.15) is 0 Å². The Morgan fingerprint density at radius 1 is 1.00 bits per heavy atom. The largest absolute Gasteiger partial charge is 0.496 e. The van der Waals surface area contributed by atoms with Gasteiger partial charge >= 0.3 is 0 Å². The van der Waals surface area contributed by atoms with E-state index in [9.17, 15) is 4.79 Å². The van der Waals surface area contributed by atoms with Crippen LogP contribution in [0.25, 0.3) is 0 Å². The molecule has 2 aromatic carbocycles. The number of ether oxygens (including phenoxy) is 3. The van der Waals surface area contributed by atoms with Gasteiger partial charge in [-0.25, -0.2) is 0 Å². The molecule has 0 heterocycles. The highest BCUT2D eigenvalue weighted by atomic mass is 16.5. The number of carbonyl (C=O) groups is 1. The predicted molar refractivity (Wildman–Crippen MR) is 84.8 cm³/mol. The maximum absolute atomic E-state index is 12.3. The molecule has 0 saturated carbocycles. The number of rotatable bonds is 7. The van der Waals surface area contributed by atoms with Gasteiger partial charge in [-0.15, -0.1) is 0 Å². The van der Waals surface area contributed by atoms with Crippen LogP contribution < -0.4 is 14.8 Å². The monoisotopic (exact) mass is 301 g/mol. The summed E-state index contributed by atoms with van der Waals surface area (Å²) in [6.45, 7) is 1.02. The first-order chi connectivity index (χ1) is 10.7. The topological polar surface area (TPSA) is 56.8 Å². The zero-order valence-electron chi connectivity index (χ0n) is 12.7. The molecule has 1 amide bonds. The van der Waals surface area contributed by atoms with Gasteiger partial charge in [-0.1, -0.05) is 12.1 Å². The Hall–Kier alpha value is -2.53. The molecule has 0 aliphatic carbocycles. The Morgan fingerprint density at radius 2 is 1.73 bits per heavy atom. The van der Waals surface area contributed by atoms with Crippen molar-refractivity contribution in [3.8, 4) is 11.5 Å². The quantitative estimate of drug-likeness (QED) is 0.799. The van der Waals surface area contributed by atoms with Gasteiger partial charge in [0.1, 0.15) is 18.1 Å². The van der Waals surface area contributed by atoms with Crippen molar-refractivity contribution in [1.82, 2.24) is 0 Å². The van der Waals surface area contributed by atoms with Crippen molar-refractivity contribution in [2.45, 2.75) is 0 Å². The second kappa shape index (κ2) is 8.05. The van der Waals surface area contributed by atoms with Crippen LogP contribution in [0.15, 0.2) is 48.5 Å². The molecule has 5 heteroatoms. The van der Waals surface area contributed by atoms with E-state index in [1.807, 2.05) is 6.07 Å². The minimum atomic E-state index is -0.217. The molecular formula is C17H19NO4. The molecule has 0 saturated heterocycles. The fraction of sp³-hybridized carbons (Fsp3) is 0.235. The second-order valence-corrected chi connectivity index (χ2v) is 4.52. The molecule has 0 spiro atoms. The lowest BCUT2D eigenvalue weighted by Crippen LogP contribution is -2.13. The number of para-hydroxylation sites is 1. The van der Waals surface area contributed by atoms with Gasteiger partial charge < -0.3 is 19.5 Å². The van der Waals surface area contributed by atoms with Crippen LogP contribution in [0.2, 0.25) is 0 Å². The van der Waals surface area contributed by atoms with Crippen LogP contribution in [0.5, 0.6) is 11.5 Å². The number of benzene rings is 2. The zero-order chi connectivity index (χ0) is 15.8. The minimum Gasteiger partial charge on any atom is -0.496 e. The minimum absolute atomic E-state index is 0.217. The Balaban J connectivity index is 1.99. The number of hydrogen-bond donors (Lipinski definition) is 1. The van der Waals surface area contributed by atoms with Crippen molar-refractivity contribution in [1.29, 1.82) is 0 Å². The van der Waals surface area contributed by atoms with Crippen LogP contribution in [-0.4, -0.2) is 33.3 Å². The Kier molecular flexibility index (Phi) is 5.80. The zero-order valence-corrected chi connectivity index (χ0v) is 12.7. The average Bonchev–Trinajstić information content (AvgIpc) is 2.56. The van der Waals surface area contributed by atoms with Gasteiger partial charge in [-0.3, -0.25) is 4.79 Å². The fourth-order valence-corrected chi connectivity index (χ4v) is 1.91. The summed E-state index contributed by atoms with van der Waals surface area (Å²) in [5, 5.41) is 2.83. The van der Waals surface area contributed by atoms with E-state index < -0.39 is 0 Å². The molecule has 0 aliphatic rings. The molecule has 0 fully saturated rings. The Morgan fingerprint density at radius 3 is 2.41 bits per heavy atom. The molecule has 116 valence electrons. The van der Waals surface area contributed by atoms with Crippen LogP contribution in [0.4, 0.5) is 5.69 Å². The normalized spacial score (nSPS) is 10.1. The highest BCUT2D eigenvalue weighted by Gasteiger charge is 2.11. The van der Waals surface area contributed by atoms with Crippen LogP contribution in [0, 0.1) is 0 Å². The molecule has 2 rings (SSSR count). The first-order valence-corrected chi connectivity index (χ1v) is 6.90. The van der Waals surface area contributed by atoms with E-state index in [1.54, 1.807) is 49.6 Å². The van der Waals surface area contributed by atoms with Crippen LogP contribution in [-0.2, 0) is 4.74 Å². The number of nitrogens with one attached hydrogen (secondary N) is 1. The van der Waals surface area contributed by atoms with Gasteiger partial charge in [0.15, 0.2) is 0 Å². The van der Waals surface area contributed by atoms with E-state index in [-0.39, 0.29) is 5.91 Å². The number of amides is 1. The smallest absolute Gasteiger partial charge is 0.259 e. The van der Waals surface area contributed by atoms with E-state index in [0.29, 0.717) is 30.2 Å². The van der Waals surface area contributed by atoms with Crippen LogP contribution in [0.3, 0.4) is 0 Å². The Labute approximate surface area is 129 Å². The molecule has 2 aromatic rings. The second-order valence-electron chi connectivity index (χ2n) is 4.52. The van der Waals surface area contributed by atoms with Crippen LogP contribution >= 0.6 is 0 Å². The third-order valence-electron chi connectivity index (χ3n) is 3.02. The van der Waals surface area contributed by atoms with Crippen molar-refractivity contribution in [2.75, 3.05) is 32.8 Å². The maximum atomic E-state index is 12.3. The summed E-state index contributed by atoms with van der Waals surface area (Å²) in [6, 6.07) is 14.3. The molecule has 0 aromatic heterocycles. The summed E-state index contributed by atoms with van der Waals surface area (Å²) in [4.78, 5) is 12.3. The number of anilines is 1. The van der Waals surface area contributed by atoms with E-state index in [4.69, 9.17) is 14.2 Å². The molecule has 0 unspecified atom stereocenters. The summed E-state index contributed by atoms with van der Waals surface area (Å²) < 4.78 is 15.6. The lowest BCUT2D eigenvalue weighted by atomic mass is 10.2. The van der Waals surface area contributed by atoms with Crippen molar-refractivity contribution < 1.29 is 19.0 Å².